The van der Waals surface area contributed by atoms with Crippen LogP contribution >= 0.6 is 21.6 Å². The van der Waals surface area contributed by atoms with E-state index >= 15 is 0 Å². The Labute approximate surface area is 316 Å². The van der Waals surface area contributed by atoms with Gasteiger partial charge in [-0.15, -0.1) is 0 Å². The molecule has 0 bridgehead atoms. The molecule has 270 valence electrons. The van der Waals surface area contributed by atoms with Gasteiger partial charge >= 0.3 is 0 Å². The minimum absolute atomic E-state index is 0.117. The van der Waals surface area contributed by atoms with Crippen molar-refractivity contribution in [1.29, 1.82) is 0 Å². The van der Waals surface area contributed by atoms with Crippen molar-refractivity contribution >= 4 is 60.4 Å². The SMILES string of the molecule is CC(C)(C)C(CSSCC(O[SiH](c1ccccc1)c1ccccc1)(C(C)(C)C)C(C)(C)C)(O[SiH](c1ccccc1)c1ccccc1)C(C)(C)C. The molecule has 0 saturated carbocycles. The lowest BCUT2D eigenvalue weighted by Crippen LogP contribution is -2.64. The number of hydrogen-bond donors (Lipinski definition) is 0. The molecule has 0 heterocycles. The molecular weight excluding hydrogens is 681 g/mol. The molecule has 4 aromatic carbocycles. The Kier molecular flexibility index (Phi) is 13.3. The normalized spacial score (nSPS) is 13.6. The Hall–Kier alpha value is -2.07. The lowest BCUT2D eigenvalue weighted by atomic mass is 9.63. The zero-order valence-corrected chi connectivity index (χ0v) is 36.7. The molecule has 0 aromatic heterocycles. The number of hydrogen-bond acceptors (Lipinski definition) is 4. The topological polar surface area (TPSA) is 18.5 Å². The van der Waals surface area contributed by atoms with Crippen molar-refractivity contribution in [2.75, 3.05) is 11.5 Å². The quantitative estimate of drug-likeness (QED) is 0.0773. The maximum Gasteiger partial charge on any atom is 0.240 e. The summed E-state index contributed by atoms with van der Waals surface area (Å²) in [6.07, 6.45) is 0. The van der Waals surface area contributed by atoms with E-state index in [1.54, 1.807) is 0 Å². The van der Waals surface area contributed by atoms with Crippen molar-refractivity contribution in [1.82, 2.24) is 0 Å². The molecule has 4 rings (SSSR count). The molecule has 6 heteroatoms. The molecule has 0 radical (unpaired) electrons. The summed E-state index contributed by atoms with van der Waals surface area (Å²) >= 11 is 0. The fraction of sp³-hybridized carbons (Fsp3) is 0.455. The molecule has 0 N–H and O–H groups in total. The summed E-state index contributed by atoms with van der Waals surface area (Å²) in [5.74, 6) is 1.74. The molecule has 4 aromatic rings. The predicted octanol–water partition coefficient (Wildman–Crippen LogP) is 9.14. The van der Waals surface area contributed by atoms with Gasteiger partial charge in [0.05, 0.1) is 11.2 Å². The van der Waals surface area contributed by atoms with Crippen LogP contribution in [0.3, 0.4) is 0 Å². The summed E-state index contributed by atoms with van der Waals surface area (Å²) in [6.45, 7) is 28.5. The summed E-state index contributed by atoms with van der Waals surface area (Å²) in [6, 6.07) is 43.8. The van der Waals surface area contributed by atoms with E-state index in [1.165, 1.54) is 20.7 Å². The van der Waals surface area contributed by atoms with Gasteiger partial charge in [-0.05, 0) is 42.4 Å². The average molecular weight is 743 g/mol. The molecule has 0 amide bonds. The van der Waals surface area contributed by atoms with E-state index in [9.17, 15) is 0 Å². The van der Waals surface area contributed by atoms with Crippen LogP contribution in [0.5, 0.6) is 0 Å². The average Bonchev–Trinajstić information content (AvgIpc) is 3.05. The van der Waals surface area contributed by atoms with E-state index < -0.39 is 29.3 Å². The van der Waals surface area contributed by atoms with Crippen molar-refractivity contribution < 1.29 is 8.85 Å². The minimum Gasteiger partial charge on any atom is -0.403 e. The fourth-order valence-corrected chi connectivity index (χ4v) is 17.8. The second-order valence-corrected chi connectivity index (χ2v) is 24.9. The number of rotatable bonds is 13. The Morgan fingerprint density at radius 2 is 0.560 bits per heavy atom. The largest absolute Gasteiger partial charge is 0.403 e. The second kappa shape index (κ2) is 16.3. The van der Waals surface area contributed by atoms with Crippen molar-refractivity contribution in [2.24, 2.45) is 21.7 Å². The highest BCUT2D eigenvalue weighted by molar-refractivity contribution is 8.76. The molecule has 0 fully saturated rings. The van der Waals surface area contributed by atoms with Crippen LogP contribution in [0.2, 0.25) is 0 Å². The first-order chi connectivity index (χ1) is 23.3. The second-order valence-electron chi connectivity index (χ2n) is 17.8. The molecule has 0 aliphatic heterocycles. The zero-order valence-electron chi connectivity index (χ0n) is 32.7. The Bertz CT molecular complexity index is 1360. The molecular formula is C44H62O2S2Si2. The van der Waals surface area contributed by atoms with E-state index in [0.717, 1.165) is 11.5 Å². The highest BCUT2D eigenvalue weighted by Crippen LogP contribution is 2.54. The maximum atomic E-state index is 7.77. The van der Waals surface area contributed by atoms with Gasteiger partial charge in [-0.2, -0.15) is 0 Å². The van der Waals surface area contributed by atoms with Gasteiger partial charge in [0.2, 0.25) is 18.1 Å². The minimum atomic E-state index is -2.05. The van der Waals surface area contributed by atoms with Crippen LogP contribution in [0.1, 0.15) is 83.1 Å². The van der Waals surface area contributed by atoms with Crippen LogP contribution in [0.4, 0.5) is 0 Å². The monoisotopic (exact) mass is 742 g/mol. The van der Waals surface area contributed by atoms with Gasteiger partial charge in [-0.25, -0.2) is 0 Å². The van der Waals surface area contributed by atoms with Crippen LogP contribution in [0.25, 0.3) is 0 Å². The van der Waals surface area contributed by atoms with E-state index in [2.05, 4.69) is 204 Å². The Morgan fingerprint density at radius 3 is 0.740 bits per heavy atom. The summed E-state index contributed by atoms with van der Waals surface area (Å²) in [4.78, 5) is 0. The summed E-state index contributed by atoms with van der Waals surface area (Å²) in [7, 11) is -0.145. The third kappa shape index (κ3) is 9.10. The van der Waals surface area contributed by atoms with Gasteiger partial charge in [0.15, 0.2) is 0 Å². The first kappa shape index (κ1) is 40.7. The highest BCUT2D eigenvalue weighted by Gasteiger charge is 2.55. The van der Waals surface area contributed by atoms with Gasteiger partial charge in [-0.3, -0.25) is 0 Å². The van der Waals surface area contributed by atoms with Gasteiger partial charge in [-0.1, -0.05) is 226 Å². The molecule has 50 heavy (non-hydrogen) atoms. The fourth-order valence-electron chi connectivity index (χ4n) is 7.71. The van der Waals surface area contributed by atoms with E-state index in [0.29, 0.717) is 0 Å². The van der Waals surface area contributed by atoms with Crippen LogP contribution in [-0.4, -0.2) is 40.8 Å². The van der Waals surface area contributed by atoms with Gasteiger partial charge in [0.25, 0.3) is 0 Å². The predicted molar refractivity (Wildman–Crippen MR) is 229 cm³/mol. The molecule has 0 saturated heterocycles. The van der Waals surface area contributed by atoms with Crippen molar-refractivity contribution in [3.63, 3.8) is 0 Å². The summed E-state index contributed by atoms with van der Waals surface area (Å²) < 4.78 is 15.5. The van der Waals surface area contributed by atoms with Crippen LogP contribution in [0.15, 0.2) is 121 Å². The zero-order chi connectivity index (χ0) is 36.8. The molecule has 0 unspecified atom stereocenters. The van der Waals surface area contributed by atoms with E-state index in [4.69, 9.17) is 8.85 Å². The van der Waals surface area contributed by atoms with Gasteiger partial charge in [0, 0.05) is 11.5 Å². The third-order valence-electron chi connectivity index (χ3n) is 10.5. The van der Waals surface area contributed by atoms with E-state index in [-0.39, 0.29) is 21.7 Å². The Morgan fingerprint density at radius 1 is 0.360 bits per heavy atom. The maximum absolute atomic E-state index is 7.77. The Balaban J connectivity index is 1.72. The molecule has 0 aliphatic carbocycles. The smallest absolute Gasteiger partial charge is 0.240 e. The van der Waals surface area contributed by atoms with Crippen molar-refractivity contribution in [3.05, 3.63) is 121 Å². The van der Waals surface area contributed by atoms with Crippen LogP contribution < -0.4 is 20.7 Å². The molecule has 2 nitrogen and oxygen atoms in total. The number of benzene rings is 4. The van der Waals surface area contributed by atoms with Crippen molar-refractivity contribution in [2.45, 2.75) is 94.3 Å². The molecule has 0 aliphatic rings. The van der Waals surface area contributed by atoms with Crippen molar-refractivity contribution in [3.8, 4) is 0 Å². The van der Waals surface area contributed by atoms with Gasteiger partial charge in [0.1, 0.15) is 0 Å². The lowest BCUT2D eigenvalue weighted by Gasteiger charge is -2.56. The highest BCUT2D eigenvalue weighted by atomic mass is 33.1. The molecule has 0 atom stereocenters. The first-order valence-electron chi connectivity index (χ1n) is 18.1. The van der Waals surface area contributed by atoms with Crippen LogP contribution in [-0.2, 0) is 8.85 Å². The summed E-state index contributed by atoms with van der Waals surface area (Å²) in [5.41, 5.74) is -1.28. The lowest BCUT2D eigenvalue weighted by molar-refractivity contribution is -0.0962. The standard InChI is InChI=1S/C44H62O2S2Si2/c1-39(2,3)43(40(4,5)6,45-49(35-25-17-13-18-26-35)36-27-19-14-20-28-36)33-47-48-34-44(41(7,8)9,42(10,11)12)46-50(37-29-21-15-22-30-37)38-31-23-16-24-32-38/h13-32,49-50H,33-34H2,1-12H3. The van der Waals surface area contributed by atoms with E-state index in [1.807, 2.05) is 21.6 Å². The summed E-state index contributed by atoms with van der Waals surface area (Å²) in [5, 5.41) is 5.28. The third-order valence-corrected chi connectivity index (χ3v) is 18.2. The van der Waals surface area contributed by atoms with Crippen LogP contribution in [0, 0.1) is 21.7 Å². The molecule has 0 spiro atoms. The first-order valence-corrected chi connectivity index (χ1v) is 23.9. The van der Waals surface area contributed by atoms with Gasteiger partial charge < -0.3 is 8.85 Å².